The van der Waals surface area contributed by atoms with Gasteiger partial charge in [0, 0.05) is 41.2 Å². The highest BCUT2D eigenvalue weighted by Crippen LogP contribution is 2.29. The standard InChI is InChI=1S/C31H46O2.C8H9N3O4/c1-22(2)12-9-13-23(3)14-10-15-24(4)16-11-17-25(5)20-21-27-26(6)30(32)28-18-7-8-19-29(28)31(27)33;12-8(7-2-1-3-9-6-7)10-4-5-15-11(13)14/h7-8,18-20,22-24H,9-17,21H2,1-6H3;1-3,6H,4-5H2,(H,10,12)/b25-20+;/t23-,24-;/m1./s1. The quantitative estimate of drug-likeness (QED) is 0.0688. The molecule has 1 heterocycles. The van der Waals surface area contributed by atoms with E-state index < -0.39 is 5.09 Å². The molecule has 0 saturated carbocycles. The molecule has 2 aromatic rings. The summed E-state index contributed by atoms with van der Waals surface area (Å²) in [4.78, 5) is 54.4. The molecule has 1 aromatic heterocycles. The zero-order chi connectivity index (χ0) is 35.5. The number of allylic oxidation sites excluding steroid dienone is 4. The van der Waals surface area contributed by atoms with Crippen molar-refractivity contribution in [2.45, 2.75) is 106 Å². The van der Waals surface area contributed by atoms with E-state index in [0.29, 0.717) is 34.3 Å². The van der Waals surface area contributed by atoms with Crippen molar-refractivity contribution in [1.82, 2.24) is 10.3 Å². The molecule has 262 valence electrons. The number of pyridine rings is 1. The third-order valence-electron chi connectivity index (χ3n) is 8.79. The molecule has 3 rings (SSSR count). The van der Waals surface area contributed by atoms with Crippen molar-refractivity contribution in [2.75, 3.05) is 13.2 Å². The fourth-order valence-electron chi connectivity index (χ4n) is 5.77. The molecule has 0 aliphatic heterocycles. The van der Waals surface area contributed by atoms with Gasteiger partial charge >= 0.3 is 0 Å². The van der Waals surface area contributed by atoms with E-state index in [9.17, 15) is 24.5 Å². The smallest absolute Gasteiger partial charge is 0.294 e. The fraction of sp³-hybridized carbons (Fsp3) is 0.538. The van der Waals surface area contributed by atoms with E-state index in [1.807, 2.05) is 12.1 Å². The molecule has 48 heavy (non-hydrogen) atoms. The van der Waals surface area contributed by atoms with Gasteiger partial charge in [-0.25, -0.2) is 0 Å². The van der Waals surface area contributed by atoms with Crippen LogP contribution in [0, 0.1) is 27.9 Å². The van der Waals surface area contributed by atoms with Crippen molar-refractivity contribution in [3.8, 4) is 0 Å². The number of fused-ring (bicyclic) bond motifs is 1. The van der Waals surface area contributed by atoms with Gasteiger partial charge in [-0.1, -0.05) is 109 Å². The normalized spacial score (nSPS) is 14.2. The molecule has 0 saturated heterocycles. The lowest BCUT2D eigenvalue weighted by molar-refractivity contribution is -0.757. The molecule has 1 aliphatic rings. The van der Waals surface area contributed by atoms with Gasteiger partial charge in [-0.3, -0.25) is 19.4 Å². The summed E-state index contributed by atoms with van der Waals surface area (Å²) in [6.45, 7) is 13.3. The largest absolute Gasteiger partial charge is 0.350 e. The molecule has 0 spiro atoms. The zero-order valence-electron chi connectivity index (χ0n) is 29.8. The van der Waals surface area contributed by atoms with Crippen LogP contribution in [-0.4, -0.2) is 40.7 Å². The maximum atomic E-state index is 12.9. The SMILES string of the molecule is CC1=C(C/C=C(\C)CCC[C@H](C)CCC[C@H](C)CCCC(C)C)C(=O)c2ccccc2C1=O.O=C(NCCO[N+](=O)[O-])c1cccnc1. The Balaban J connectivity index is 0.000000444. The monoisotopic (exact) mass is 661 g/mol. The second kappa shape index (κ2) is 21.7. The number of carbonyl (C=O) groups excluding carboxylic acids is 3. The average Bonchev–Trinajstić information content (AvgIpc) is 3.06. The first-order chi connectivity index (χ1) is 22.9. The topological polar surface area (TPSA) is 128 Å². The number of nitrogens with one attached hydrogen (secondary N) is 1. The number of hydrogen-bond donors (Lipinski definition) is 1. The summed E-state index contributed by atoms with van der Waals surface area (Å²) in [5.41, 5.74) is 4.09. The number of amides is 1. The van der Waals surface area contributed by atoms with Gasteiger partial charge in [0.25, 0.3) is 11.0 Å². The Labute approximate surface area is 286 Å². The zero-order valence-corrected chi connectivity index (χ0v) is 29.8. The van der Waals surface area contributed by atoms with Gasteiger partial charge in [-0.15, -0.1) is 10.1 Å². The van der Waals surface area contributed by atoms with Gasteiger partial charge in [-0.2, -0.15) is 0 Å². The van der Waals surface area contributed by atoms with Gasteiger partial charge in [0.1, 0.15) is 6.61 Å². The first-order valence-corrected chi connectivity index (χ1v) is 17.4. The predicted octanol–water partition coefficient (Wildman–Crippen LogP) is 9.18. The summed E-state index contributed by atoms with van der Waals surface area (Å²) in [6, 6.07) is 10.4. The summed E-state index contributed by atoms with van der Waals surface area (Å²) in [5.74, 6) is 2.14. The Hall–Kier alpha value is -4.14. The maximum Gasteiger partial charge on any atom is 0.294 e. The van der Waals surface area contributed by atoms with Crippen LogP contribution in [0.5, 0.6) is 0 Å². The molecule has 1 aromatic carbocycles. The van der Waals surface area contributed by atoms with E-state index in [-0.39, 0.29) is 30.6 Å². The molecule has 0 radical (unpaired) electrons. The minimum absolute atomic E-state index is 0.00526. The van der Waals surface area contributed by atoms with Crippen molar-refractivity contribution >= 4 is 17.5 Å². The molecule has 9 nitrogen and oxygen atoms in total. The summed E-state index contributed by atoms with van der Waals surface area (Å²) >= 11 is 0. The van der Waals surface area contributed by atoms with Crippen LogP contribution in [0.3, 0.4) is 0 Å². The van der Waals surface area contributed by atoms with Crippen molar-refractivity contribution in [3.63, 3.8) is 0 Å². The maximum absolute atomic E-state index is 12.9. The Kier molecular flexibility index (Phi) is 18.1. The van der Waals surface area contributed by atoms with Crippen LogP contribution in [0.4, 0.5) is 0 Å². The van der Waals surface area contributed by atoms with Gasteiger partial charge in [0.15, 0.2) is 11.6 Å². The van der Waals surface area contributed by atoms with E-state index >= 15 is 0 Å². The summed E-state index contributed by atoms with van der Waals surface area (Å²) in [5, 5.41) is 11.3. The lowest BCUT2D eigenvalue weighted by Gasteiger charge is -2.18. The van der Waals surface area contributed by atoms with E-state index in [1.165, 1.54) is 63.1 Å². The number of hydrogen-bond acceptors (Lipinski definition) is 7. The number of benzene rings is 1. The average molecular weight is 662 g/mol. The van der Waals surface area contributed by atoms with E-state index in [4.69, 9.17) is 0 Å². The molecule has 1 N–H and O–H groups in total. The second-order valence-electron chi connectivity index (χ2n) is 13.5. The van der Waals surface area contributed by atoms with Gasteiger partial charge in [-0.05, 0) is 63.0 Å². The molecule has 0 bridgehead atoms. The lowest BCUT2D eigenvalue weighted by atomic mass is 9.83. The molecular formula is C39H55N3O6. The highest BCUT2D eigenvalue weighted by atomic mass is 16.9. The van der Waals surface area contributed by atoms with Crippen molar-refractivity contribution in [2.24, 2.45) is 17.8 Å². The highest BCUT2D eigenvalue weighted by Gasteiger charge is 2.28. The molecule has 9 heteroatoms. The van der Waals surface area contributed by atoms with Crippen molar-refractivity contribution in [3.05, 3.63) is 98.4 Å². The predicted molar refractivity (Wildman–Crippen MR) is 190 cm³/mol. The Morgan fingerprint density at radius 2 is 1.52 bits per heavy atom. The minimum Gasteiger partial charge on any atom is -0.350 e. The third-order valence-corrected chi connectivity index (χ3v) is 8.79. The number of Topliss-reactive ketones (excluding diaryl/α,β-unsaturated/α-hetero) is 2. The lowest BCUT2D eigenvalue weighted by Crippen LogP contribution is -2.27. The first-order valence-electron chi connectivity index (χ1n) is 17.4. The summed E-state index contributed by atoms with van der Waals surface area (Å²) in [6.07, 6.45) is 17.4. The Morgan fingerprint density at radius 1 is 0.917 bits per heavy atom. The third kappa shape index (κ3) is 14.7. The minimum atomic E-state index is -0.907. The number of ketones is 2. The fourth-order valence-corrected chi connectivity index (χ4v) is 5.77. The first kappa shape index (κ1) is 40.0. The second-order valence-corrected chi connectivity index (χ2v) is 13.5. The van der Waals surface area contributed by atoms with Crippen molar-refractivity contribution in [1.29, 1.82) is 0 Å². The molecule has 0 unspecified atom stereocenters. The van der Waals surface area contributed by atoms with Gasteiger partial charge < -0.3 is 10.2 Å². The van der Waals surface area contributed by atoms with Crippen LogP contribution in [0.1, 0.15) is 137 Å². The molecule has 2 atom stereocenters. The number of rotatable bonds is 19. The van der Waals surface area contributed by atoms with Crippen LogP contribution >= 0.6 is 0 Å². The van der Waals surface area contributed by atoms with Crippen LogP contribution in [0.2, 0.25) is 0 Å². The number of carbonyl (C=O) groups is 3. The molecule has 1 amide bonds. The summed E-state index contributed by atoms with van der Waals surface area (Å²) < 4.78 is 0. The van der Waals surface area contributed by atoms with E-state index in [2.05, 4.69) is 55.8 Å². The molecule has 1 aliphatic carbocycles. The number of aromatic nitrogens is 1. The van der Waals surface area contributed by atoms with Crippen LogP contribution in [0.25, 0.3) is 0 Å². The van der Waals surface area contributed by atoms with Gasteiger partial charge in [0.2, 0.25) is 0 Å². The Morgan fingerprint density at radius 3 is 2.10 bits per heavy atom. The molecular weight excluding hydrogens is 606 g/mol. The summed E-state index contributed by atoms with van der Waals surface area (Å²) in [7, 11) is 0. The van der Waals surface area contributed by atoms with Crippen LogP contribution < -0.4 is 5.32 Å². The van der Waals surface area contributed by atoms with Crippen LogP contribution in [-0.2, 0) is 4.84 Å². The molecule has 0 fully saturated rings. The van der Waals surface area contributed by atoms with Gasteiger partial charge in [0.05, 0.1) is 5.56 Å². The number of nitrogens with zero attached hydrogens (tertiary/aromatic N) is 2. The van der Waals surface area contributed by atoms with Crippen LogP contribution in [0.15, 0.2) is 71.6 Å². The highest BCUT2D eigenvalue weighted by molar-refractivity contribution is 6.26. The Bertz CT molecular complexity index is 1400. The van der Waals surface area contributed by atoms with E-state index in [1.54, 1.807) is 37.4 Å². The van der Waals surface area contributed by atoms with Crippen molar-refractivity contribution < 1.29 is 24.3 Å². The van der Waals surface area contributed by atoms with E-state index in [0.717, 1.165) is 24.2 Å².